The van der Waals surface area contributed by atoms with Crippen LogP contribution in [0.3, 0.4) is 0 Å². The fourth-order valence-corrected chi connectivity index (χ4v) is 3.53. The summed E-state index contributed by atoms with van der Waals surface area (Å²) < 4.78 is 2.28. The first kappa shape index (κ1) is 10.1. The third-order valence-corrected chi connectivity index (χ3v) is 4.44. The number of hydrogen-bond donors (Lipinski definition) is 0. The van der Waals surface area contributed by atoms with Crippen LogP contribution >= 0.6 is 0 Å². The number of hydrogen-bond acceptors (Lipinski definition) is 2. The molecule has 0 amide bonds. The molecule has 1 aliphatic heterocycles. The quantitative estimate of drug-likeness (QED) is 0.707. The number of ketones is 1. The van der Waals surface area contributed by atoms with Gasteiger partial charge in [-0.2, -0.15) is 0 Å². The van der Waals surface area contributed by atoms with Crippen molar-refractivity contribution >= 4 is 5.78 Å². The van der Waals surface area contributed by atoms with Gasteiger partial charge in [-0.05, 0) is 18.4 Å². The second-order valence-corrected chi connectivity index (χ2v) is 5.26. The molecule has 3 heteroatoms. The fourth-order valence-electron chi connectivity index (χ4n) is 3.53. The van der Waals surface area contributed by atoms with E-state index in [0.29, 0.717) is 18.6 Å². The average molecular weight is 238 g/mol. The Labute approximate surface area is 105 Å². The third kappa shape index (κ3) is 1.09. The number of imidazole rings is 1. The second kappa shape index (κ2) is 3.31. The Hall–Kier alpha value is -1.90. The van der Waals surface area contributed by atoms with Crippen molar-refractivity contribution in [3.05, 3.63) is 42.4 Å². The maximum Gasteiger partial charge on any atom is 0.133 e. The summed E-state index contributed by atoms with van der Waals surface area (Å²) in [7, 11) is 0. The molecule has 0 atom stereocenters. The van der Waals surface area contributed by atoms with E-state index >= 15 is 0 Å². The number of benzene rings is 1. The van der Waals surface area contributed by atoms with Gasteiger partial charge in [0, 0.05) is 18.4 Å². The van der Waals surface area contributed by atoms with Crippen LogP contribution in [0.25, 0.3) is 11.3 Å². The number of Topliss-reactive ketones (excluding diaryl/α,β-unsaturated/α-hetero) is 1. The molecule has 1 aromatic carbocycles. The van der Waals surface area contributed by atoms with E-state index in [4.69, 9.17) is 0 Å². The van der Waals surface area contributed by atoms with Gasteiger partial charge in [-0.15, -0.1) is 0 Å². The molecule has 0 bridgehead atoms. The lowest BCUT2D eigenvalue weighted by Crippen LogP contribution is -2.36. The van der Waals surface area contributed by atoms with Crippen molar-refractivity contribution in [1.82, 2.24) is 9.55 Å². The van der Waals surface area contributed by atoms with Crippen molar-refractivity contribution in [3.63, 3.8) is 0 Å². The van der Waals surface area contributed by atoms with Gasteiger partial charge in [-0.25, -0.2) is 4.98 Å². The first-order chi connectivity index (χ1) is 8.81. The van der Waals surface area contributed by atoms with Crippen LogP contribution in [0.4, 0.5) is 0 Å². The molecule has 2 aromatic rings. The molecule has 0 saturated heterocycles. The molecule has 18 heavy (non-hydrogen) atoms. The van der Waals surface area contributed by atoms with Crippen LogP contribution in [0.15, 0.2) is 36.8 Å². The molecule has 4 rings (SSSR count). The number of aromatic nitrogens is 2. The smallest absolute Gasteiger partial charge is 0.133 e. The third-order valence-electron chi connectivity index (χ3n) is 4.44. The van der Waals surface area contributed by atoms with E-state index in [9.17, 15) is 4.79 Å². The van der Waals surface area contributed by atoms with Gasteiger partial charge in [-0.3, -0.25) is 4.79 Å². The Bertz CT molecular complexity index is 631. The summed E-state index contributed by atoms with van der Waals surface area (Å²) in [6, 6.07) is 8.53. The summed E-state index contributed by atoms with van der Waals surface area (Å²) in [5, 5.41) is 0. The Morgan fingerprint density at radius 1 is 1.17 bits per heavy atom. The van der Waals surface area contributed by atoms with Crippen LogP contribution in [-0.4, -0.2) is 15.3 Å². The minimum Gasteiger partial charge on any atom is -0.320 e. The van der Waals surface area contributed by atoms with Crippen molar-refractivity contribution in [2.45, 2.75) is 31.2 Å². The number of carbonyl (C=O) groups excluding carboxylic acids is 1. The van der Waals surface area contributed by atoms with E-state index in [1.165, 1.54) is 16.8 Å². The summed E-state index contributed by atoms with van der Waals surface area (Å²) in [5.41, 5.74) is 3.83. The van der Waals surface area contributed by atoms with Crippen molar-refractivity contribution in [2.75, 3.05) is 0 Å². The zero-order valence-electron chi connectivity index (χ0n) is 10.1. The number of carbonyl (C=O) groups is 1. The molecule has 1 aromatic heterocycles. The molecular formula is C15H14N2O. The highest BCUT2D eigenvalue weighted by Crippen LogP contribution is 2.50. The van der Waals surface area contributed by atoms with Crippen LogP contribution in [0.1, 0.15) is 31.2 Å². The van der Waals surface area contributed by atoms with E-state index in [2.05, 4.69) is 33.8 Å². The van der Waals surface area contributed by atoms with Gasteiger partial charge in [0.15, 0.2) is 0 Å². The molecule has 1 saturated carbocycles. The highest BCUT2D eigenvalue weighted by Gasteiger charge is 2.44. The Morgan fingerprint density at radius 2 is 1.94 bits per heavy atom. The van der Waals surface area contributed by atoms with E-state index < -0.39 is 0 Å². The molecule has 1 fully saturated rings. The molecule has 0 N–H and O–H groups in total. The Kier molecular flexibility index (Phi) is 1.85. The van der Waals surface area contributed by atoms with Gasteiger partial charge in [0.05, 0.1) is 23.8 Å². The molecule has 0 unspecified atom stereocenters. The van der Waals surface area contributed by atoms with Crippen LogP contribution < -0.4 is 0 Å². The lowest BCUT2D eigenvalue weighted by molar-refractivity contribution is -0.121. The van der Waals surface area contributed by atoms with Crippen molar-refractivity contribution < 1.29 is 4.79 Å². The fraction of sp³-hybridized carbons (Fsp3) is 0.333. The molecule has 2 aliphatic rings. The van der Waals surface area contributed by atoms with Gasteiger partial charge in [0.25, 0.3) is 0 Å². The molecule has 90 valence electrons. The second-order valence-electron chi connectivity index (χ2n) is 5.26. The standard InChI is InChI=1S/C15H14N2O/c18-11-5-7-15(8-6-11)13-4-2-1-3-12(13)14-9-16-10-17(14)15/h1-4,9-10H,5-8H2. The minimum atomic E-state index is -0.0175. The molecule has 1 aliphatic carbocycles. The van der Waals surface area contributed by atoms with Crippen molar-refractivity contribution in [2.24, 2.45) is 0 Å². The maximum absolute atomic E-state index is 11.5. The van der Waals surface area contributed by atoms with Crippen LogP contribution in [-0.2, 0) is 10.3 Å². The van der Waals surface area contributed by atoms with Crippen molar-refractivity contribution in [1.29, 1.82) is 0 Å². The summed E-state index contributed by atoms with van der Waals surface area (Å²) in [4.78, 5) is 15.8. The average Bonchev–Trinajstić information content (AvgIpc) is 2.97. The Morgan fingerprint density at radius 3 is 2.78 bits per heavy atom. The van der Waals surface area contributed by atoms with Gasteiger partial charge in [0.1, 0.15) is 5.78 Å². The van der Waals surface area contributed by atoms with E-state index in [1.807, 2.05) is 12.5 Å². The van der Waals surface area contributed by atoms with Crippen LogP contribution in [0.2, 0.25) is 0 Å². The lowest BCUT2D eigenvalue weighted by Gasteiger charge is -2.35. The van der Waals surface area contributed by atoms with E-state index in [1.54, 1.807) is 0 Å². The topological polar surface area (TPSA) is 34.9 Å². The summed E-state index contributed by atoms with van der Waals surface area (Å²) >= 11 is 0. The first-order valence-corrected chi connectivity index (χ1v) is 6.46. The molecule has 3 nitrogen and oxygen atoms in total. The van der Waals surface area contributed by atoms with Gasteiger partial charge < -0.3 is 4.57 Å². The predicted octanol–water partition coefficient (Wildman–Crippen LogP) is 2.75. The number of nitrogens with zero attached hydrogens (tertiary/aromatic N) is 2. The van der Waals surface area contributed by atoms with Crippen LogP contribution in [0.5, 0.6) is 0 Å². The lowest BCUT2D eigenvalue weighted by atomic mass is 9.76. The molecule has 2 heterocycles. The Balaban J connectivity index is 1.97. The highest BCUT2D eigenvalue weighted by molar-refractivity contribution is 5.81. The predicted molar refractivity (Wildman–Crippen MR) is 68.2 cm³/mol. The summed E-state index contributed by atoms with van der Waals surface area (Å²) in [6.45, 7) is 0. The van der Waals surface area contributed by atoms with Crippen molar-refractivity contribution in [3.8, 4) is 11.3 Å². The van der Waals surface area contributed by atoms with Crippen LogP contribution in [0, 0.1) is 0 Å². The SMILES string of the molecule is O=C1CCC2(CC1)c1ccccc1-c1cncn12. The largest absolute Gasteiger partial charge is 0.320 e. The summed E-state index contributed by atoms with van der Waals surface area (Å²) in [6.07, 6.45) is 7.05. The van der Waals surface area contributed by atoms with Gasteiger partial charge >= 0.3 is 0 Å². The summed E-state index contributed by atoms with van der Waals surface area (Å²) in [5.74, 6) is 0.395. The van der Waals surface area contributed by atoms with E-state index in [0.717, 1.165) is 12.8 Å². The number of fused-ring (bicyclic) bond motifs is 5. The minimum absolute atomic E-state index is 0.0175. The normalized spacial score (nSPS) is 19.9. The molecule has 0 radical (unpaired) electrons. The van der Waals surface area contributed by atoms with E-state index in [-0.39, 0.29) is 5.54 Å². The molecule has 1 spiro atoms. The zero-order valence-corrected chi connectivity index (χ0v) is 10.1. The highest BCUT2D eigenvalue weighted by atomic mass is 16.1. The molecular weight excluding hydrogens is 224 g/mol. The van der Waals surface area contributed by atoms with Gasteiger partial charge in [0.2, 0.25) is 0 Å². The maximum atomic E-state index is 11.5. The zero-order chi connectivity index (χ0) is 12.2. The monoisotopic (exact) mass is 238 g/mol. The number of rotatable bonds is 0. The van der Waals surface area contributed by atoms with Gasteiger partial charge in [-0.1, -0.05) is 24.3 Å². The first-order valence-electron chi connectivity index (χ1n) is 6.46.